The third kappa shape index (κ3) is 7.51. The molecule has 4 heteroatoms. The van der Waals surface area contributed by atoms with E-state index in [9.17, 15) is 0 Å². The first-order valence-corrected chi connectivity index (χ1v) is 9.46. The Morgan fingerprint density at radius 2 is 1.57 bits per heavy atom. The summed E-state index contributed by atoms with van der Waals surface area (Å²) in [6.07, 6.45) is 9.83. The predicted molar refractivity (Wildman–Crippen MR) is 99.7 cm³/mol. The summed E-state index contributed by atoms with van der Waals surface area (Å²) in [7, 11) is 3.48. The first-order chi connectivity index (χ1) is 10.9. The van der Waals surface area contributed by atoms with Gasteiger partial charge in [0, 0.05) is 27.3 Å². The molecule has 0 heterocycles. The molecule has 1 atom stereocenters. The topological polar surface area (TPSA) is 56.5 Å². The number of ether oxygens (including phenoxy) is 2. The monoisotopic (exact) mass is 330 g/mol. The summed E-state index contributed by atoms with van der Waals surface area (Å²) in [4.78, 5) is 0. The van der Waals surface area contributed by atoms with Crippen LogP contribution in [-0.2, 0) is 9.47 Å². The number of hydrogen-bond donors (Lipinski definition) is 2. The van der Waals surface area contributed by atoms with Crippen LogP contribution in [0.15, 0.2) is 0 Å². The van der Waals surface area contributed by atoms with Gasteiger partial charge in [-0.15, -0.1) is 0 Å². The molecule has 0 aromatic heterocycles. The van der Waals surface area contributed by atoms with E-state index in [4.69, 9.17) is 15.2 Å². The quantitative estimate of drug-likeness (QED) is 0.351. The Bertz CT molecular complexity index is 281. The Hall–Kier alpha value is -0.160. The molecule has 0 spiro atoms. The van der Waals surface area contributed by atoms with Crippen LogP contribution in [0.3, 0.4) is 0 Å². The molecule has 0 rings (SSSR count). The van der Waals surface area contributed by atoms with Crippen molar-refractivity contribution < 1.29 is 9.47 Å². The SMILES string of the molecule is CCCCCCCCC(CC(C)C)(NCCN)C(C)(OC)OC. The molecular formula is C19H42N2O2. The molecule has 0 aliphatic rings. The summed E-state index contributed by atoms with van der Waals surface area (Å²) in [5, 5.41) is 3.68. The highest BCUT2D eigenvalue weighted by molar-refractivity contribution is 5.00. The average Bonchev–Trinajstić information content (AvgIpc) is 2.54. The van der Waals surface area contributed by atoms with E-state index in [0.29, 0.717) is 12.5 Å². The lowest BCUT2D eigenvalue weighted by atomic mass is 9.77. The van der Waals surface area contributed by atoms with Crippen molar-refractivity contribution in [3.8, 4) is 0 Å². The molecule has 3 N–H and O–H groups in total. The van der Waals surface area contributed by atoms with Crippen molar-refractivity contribution in [1.82, 2.24) is 5.32 Å². The third-order valence-corrected chi connectivity index (χ3v) is 4.97. The van der Waals surface area contributed by atoms with Gasteiger partial charge in [0.1, 0.15) is 0 Å². The minimum absolute atomic E-state index is 0.200. The average molecular weight is 331 g/mol. The molecule has 0 aromatic carbocycles. The van der Waals surface area contributed by atoms with Gasteiger partial charge >= 0.3 is 0 Å². The zero-order valence-corrected chi connectivity index (χ0v) is 16.5. The van der Waals surface area contributed by atoms with Crippen molar-refractivity contribution >= 4 is 0 Å². The van der Waals surface area contributed by atoms with Crippen LogP contribution in [0.4, 0.5) is 0 Å². The maximum atomic E-state index is 5.82. The van der Waals surface area contributed by atoms with Gasteiger partial charge in [-0.1, -0.05) is 59.3 Å². The lowest BCUT2D eigenvalue weighted by molar-refractivity contribution is -0.248. The minimum atomic E-state index is -0.643. The number of methoxy groups -OCH3 is 2. The van der Waals surface area contributed by atoms with Crippen LogP contribution in [-0.4, -0.2) is 38.6 Å². The summed E-state index contributed by atoms with van der Waals surface area (Å²) in [5.41, 5.74) is 5.56. The second-order valence-corrected chi connectivity index (χ2v) is 7.27. The van der Waals surface area contributed by atoms with E-state index in [2.05, 4.69) is 33.0 Å². The Labute approximate surface area is 144 Å². The van der Waals surface area contributed by atoms with E-state index >= 15 is 0 Å². The number of nitrogens with one attached hydrogen (secondary N) is 1. The van der Waals surface area contributed by atoms with Crippen molar-refractivity contribution in [2.45, 2.75) is 90.4 Å². The predicted octanol–water partition coefficient (Wildman–Crippen LogP) is 4.08. The molecule has 0 aliphatic heterocycles. The van der Waals surface area contributed by atoms with Gasteiger partial charge in [-0.2, -0.15) is 0 Å². The molecule has 0 fully saturated rings. The second kappa shape index (κ2) is 12.2. The Morgan fingerprint density at radius 1 is 1.00 bits per heavy atom. The lowest BCUT2D eigenvalue weighted by Gasteiger charge is -2.48. The van der Waals surface area contributed by atoms with E-state index in [1.165, 1.54) is 38.5 Å². The molecule has 0 saturated heterocycles. The lowest BCUT2D eigenvalue weighted by Crippen LogP contribution is -2.64. The van der Waals surface area contributed by atoms with Gasteiger partial charge in [-0.3, -0.25) is 0 Å². The van der Waals surface area contributed by atoms with Crippen LogP contribution in [0, 0.1) is 5.92 Å². The van der Waals surface area contributed by atoms with Gasteiger partial charge in [-0.25, -0.2) is 0 Å². The van der Waals surface area contributed by atoms with Crippen LogP contribution in [0.5, 0.6) is 0 Å². The van der Waals surface area contributed by atoms with Crippen molar-refractivity contribution in [3.63, 3.8) is 0 Å². The third-order valence-electron chi connectivity index (χ3n) is 4.97. The fraction of sp³-hybridized carbons (Fsp3) is 1.00. The van der Waals surface area contributed by atoms with E-state index in [0.717, 1.165) is 19.4 Å². The first kappa shape index (κ1) is 22.8. The van der Waals surface area contributed by atoms with Crippen molar-refractivity contribution in [2.24, 2.45) is 11.7 Å². The fourth-order valence-corrected chi connectivity index (χ4v) is 3.53. The summed E-state index contributed by atoms with van der Waals surface area (Å²) >= 11 is 0. The van der Waals surface area contributed by atoms with Gasteiger partial charge < -0.3 is 20.5 Å². The standard InChI is InChI=1S/C19H42N2O2/c1-7-8-9-10-11-12-13-19(16-17(2)3,21-15-14-20)18(4,22-5)23-6/h17,21H,7-16,20H2,1-6H3. The molecule has 0 amide bonds. The molecule has 1 unspecified atom stereocenters. The molecule has 0 aliphatic carbocycles. The van der Waals surface area contributed by atoms with Gasteiger partial charge in [0.25, 0.3) is 0 Å². The summed E-state index contributed by atoms with van der Waals surface area (Å²) in [6, 6.07) is 0. The smallest absolute Gasteiger partial charge is 0.182 e. The maximum Gasteiger partial charge on any atom is 0.182 e. The zero-order chi connectivity index (χ0) is 17.8. The summed E-state index contributed by atoms with van der Waals surface area (Å²) in [6.45, 7) is 10.2. The highest BCUT2D eigenvalue weighted by Crippen LogP contribution is 2.37. The van der Waals surface area contributed by atoms with Crippen LogP contribution in [0.1, 0.15) is 79.1 Å². The van der Waals surface area contributed by atoms with E-state index < -0.39 is 5.79 Å². The molecule has 23 heavy (non-hydrogen) atoms. The molecular weight excluding hydrogens is 288 g/mol. The number of nitrogens with two attached hydrogens (primary N) is 1. The molecule has 4 nitrogen and oxygen atoms in total. The van der Waals surface area contributed by atoms with Crippen LogP contribution >= 0.6 is 0 Å². The highest BCUT2D eigenvalue weighted by atomic mass is 16.7. The van der Waals surface area contributed by atoms with Gasteiger partial charge in [-0.05, 0) is 25.7 Å². The Morgan fingerprint density at radius 3 is 2.04 bits per heavy atom. The summed E-state index contributed by atoms with van der Waals surface area (Å²) < 4.78 is 11.6. The Kier molecular flexibility index (Phi) is 12.2. The highest BCUT2D eigenvalue weighted by Gasteiger charge is 2.48. The number of hydrogen-bond acceptors (Lipinski definition) is 4. The van der Waals surface area contributed by atoms with Gasteiger partial charge in [0.05, 0.1) is 5.54 Å². The van der Waals surface area contributed by atoms with Crippen molar-refractivity contribution in [2.75, 3.05) is 27.3 Å². The largest absolute Gasteiger partial charge is 0.352 e. The van der Waals surface area contributed by atoms with E-state index in [1.54, 1.807) is 14.2 Å². The van der Waals surface area contributed by atoms with E-state index in [1.807, 2.05) is 0 Å². The zero-order valence-electron chi connectivity index (χ0n) is 16.5. The molecule has 0 saturated carbocycles. The van der Waals surface area contributed by atoms with Crippen molar-refractivity contribution in [3.05, 3.63) is 0 Å². The normalized spacial score (nSPS) is 15.1. The molecule has 0 bridgehead atoms. The van der Waals surface area contributed by atoms with Crippen LogP contribution < -0.4 is 11.1 Å². The minimum Gasteiger partial charge on any atom is -0.352 e. The second-order valence-electron chi connectivity index (χ2n) is 7.27. The molecule has 0 aromatic rings. The van der Waals surface area contributed by atoms with Crippen LogP contribution in [0.2, 0.25) is 0 Å². The van der Waals surface area contributed by atoms with E-state index in [-0.39, 0.29) is 5.54 Å². The number of rotatable bonds is 15. The first-order valence-electron chi connectivity index (χ1n) is 9.46. The maximum absolute atomic E-state index is 5.82. The molecule has 0 radical (unpaired) electrons. The van der Waals surface area contributed by atoms with Gasteiger partial charge in [0.2, 0.25) is 0 Å². The number of unbranched alkanes of at least 4 members (excludes halogenated alkanes) is 5. The van der Waals surface area contributed by atoms with Gasteiger partial charge in [0.15, 0.2) is 5.79 Å². The summed E-state index contributed by atoms with van der Waals surface area (Å²) in [5.74, 6) is -0.0828. The van der Waals surface area contributed by atoms with Crippen LogP contribution in [0.25, 0.3) is 0 Å². The molecule has 140 valence electrons. The van der Waals surface area contributed by atoms with Crippen molar-refractivity contribution in [1.29, 1.82) is 0 Å². The Balaban J connectivity index is 4.98. The fourth-order valence-electron chi connectivity index (χ4n) is 3.53.